The van der Waals surface area contributed by atoms with E-state index in [1.54, 1.807) is 0 Å². The molecule has 112 valence electrons. The summed E-state index contributed by atoms with van der Waals surface area (Å²) in [7, 11) is 0. The molecule has 1 aromatic carbocycles. The summed E-state index contributed by atoms with van der Waals surface area (Å²) < 4.78 is 0. The predicted molar refractivity (Wildman–Crippen MR) is 86.1 cm³/mol. The second-order valence-corrected chi connectivity index (χ2v) is 5.98. The first-order chi connectivity index (χ1) is 9.65. The van der Waals surface area contributed by atoms with E-state index in [0.717, 1.165) is 44.2 Å². The van der Waals surface area contributed by atoms with E-state index in [1.165, 1.54) is 5.56 Å². The maximum atomic E-state index is 6.40. The van der Waals surface area contributed by atoms with E-state index in [2.05, 4.69) is 35.8 Å². The van der Waals surface area contributed by atoms with Crippen molar-refractivity contribution in [3.8, 4) is 0 Å². The molecule has 0 bridgehead atoms. The molecule has 0 amide bonds. The number of nitrogens with two attached hydrogens (primary N) is 1. The number of hydrogen-bond donors (Lipinski definition) is 1. The first-order valence-electron chi connectivity index (χ1n) is 7.63. The fraction of sp³-hybridized carbons (Fsp3) is 0.625. The van der Waals surface area contributed by atoms with Crippen molar-refractivity contribution < 1.29 is 0 Å². The van der Waals surface area contributed by atoms with Crippen LogP contribution in [0.25, 0.3) is 0 Å². The molecule has 4 heteroatoms. The van der Waals surface area contributed by atoms with Gasteiger partial charge in [0.1, 0.15) is 0 Å². The molecule has 1 heterocycles. The molecule has 0 aromatic heterocycles. The van der Waals surface area contributed by atoms with E-state index in [1.807, 2.05) is 12.1 Å². The molecular formula is C16H26ClN3. The second kappa shape index (κ2) is 7.41. The number of rotatable bonds is 5. The van der Waals surface area contributed by atoms with Crippen LogP contribution in [-0.4, -0.2) is 48.6 Å². The highest BCUT2D eigenvalue weighted by molar-refractivity contribution is 6.30. The Balaban J connectivity index is 2.14. The van der Waals surface area contributed by atoms with Crippen molar-refractivity contribution in [2.45, 2.75) is 32.4 Å². The summed E-state index contributed by atoms with van der Waals surface area (Å²) in [6.07, 6.45) is 0.987. The van der Waals surface area contributed by atoms with Gasteiger partial charge in [-0.25, -0.2) is 0 Å². The van der Waals surface area contributed by atoms with E-state index in [9.17, 15) is 0 Å². The molecule has 1 fully saturated rings. The molecular weight excluding hydrogens is 270 g/mol. The van der Waals surface area contributed by atoms with Gasteiger partial charge in [0.15, 0.2) is 0 Å². The van der Waals surface area contributed by atoms with Crippen LogP contribution in [0.2, 0.25) is 5.02 Å². The maximum Gasteiger partial charge on any atom is 0.0500 e. The fourth-order valence-electron chi connectivity index (χ4n) is 2.97. The first kappa shape index (κ1) is 15.8. The van der Waals surface area contributed by atoms with Crippen LogP contribution in [0.3, 0.4) is 0 Å². The molecule has 0 saturated carbocycles. The molecule has 2 N–H and O–H groups in total. The summed E-state index contributed by atoms with van der Waals surface area (Å²) in [6.45, 7) is 9.98. The highest BCUT2D eigenvalue weighted by Crippen LogP contribution is 2.27. The first-order valence-corrected chi connectivity index (χ1v) is 8.01. The third-order valence-corrected chi connectivity index (χ3v) is 4.59. The van der Waals surface area contributed by atoms with Gasteiger partial charge in [-0.2, -0.15) is 0 Å². The van der Waals surface area contributed by atoms with Gasteiger partial charge in [-0.1, -0.05) is 37.6 Å². The standard InChI is InChI=1S/C16H26ClN3/c1-3-15(18)16(13-5-7-14(17)8-6-13)20-11-9-19(4-2)10-12-20/h5-8,15-16H,3-4,9-12,18H2,1-2H3. The van der Waals surface area contributed by atoms with Crippen molar-refractivity contribution >= 4 is 11.6 Å². The summed E-state index contributed by atoms with van der Waals surface area (Å²) in [5.41, 5.74) is 7.68. The van der Waals surface area contributed by atoms with Crippen LogP contribution in [0, 0.1) is 0 Å². The molecule has 0 radical (unpaired) electrons. The number of likely N-dealkylation sites (N-methyl/N-ethyl adjacent to an activating group) is 1. The minimum Gasteiger partial charge on any atom is -0.326 e. The zero-order valence-corrected chi connectivity index (χ0v) is 13.3. The molecule has 1 saturated heterocycles. The quantitative estimate of drug-likeness (QED) is 0.906. The van der Waals surface area contributed by atoms with Gasteiger partial charge < -0.3 is 10.6 Å². The zero-order valence-electron chi connectivity index (χ0n) is 12.6. The van der Waals surface area contributed by atoms with Crippen molar-refractivity contribution in [2.75, 3.05) is 32.7 Å². The lowest BCUT2D eigenvalue weighted by Crippen LogP contribution is -2.51. The number of hydrogen-bond acceptors (Lipinski definition) is 3. The van der Waals surface area contributed by atoms with Crippen LogP contribution in [0.15, 0.2) is 24.3 Å². The van der Waals surface area contributed by atoms with Crippen LogP contribution < -0.4 is 5.73 Å². The van der Waals surface area contributed by atoms with Crippen molar-refractivity contribution in [1.29, 1.82) is 0 Å². The Kier molecular flexibility index (Phi) is 5.85. The molecule has 2 unspecified atom stereocenters. The van der Waals surface area contributed by atoms with Gasteiger partial charge in [0, 0.05) is 43.3 Å². The minimum atomic E-state index is 0.171. The summed E-state index contributed by atoms with van der Waals surface area (Å²) in [4.78, 5) is 5.02. The molecule has 2 rings (SSSR count). The smallest absolute Gasteiger partial charge is 0.0500 e. The van der Waals surface area contributed by atoms with Gasteiger partial charge in [-0.3, -0.25) is 4.90 Å². The van der Waals surface area contributed by atoms with Gasteiger partial charge >= 0.3 is 0 Å². The van der Waals surface area contributed by atoms with Crippen molar-refractivity contribution in [2.24, 2.45) is 5.73 Å². The predicted octanol–water partition coefficient (Wildman–Crippen LogP) is 2.76. The molecule has 0 spiro atoms. The van der Waals surface area contributed by atoms with Crippen LogP contribution in [0.5, 0.6) is 0 Å². The SMILES string of the molecule is CCC(N)C(c1ccc(Cl)cc1)N1CCN(CC)CC1. The third-order valence-electron chi connectivity index (χ3n) is 4.34. The number of nitrogens with zero attached hydrogens (tertiary/aromatic N) is 2. The van der Waals surface area contributed by atoms with Gasteiger partial charge in [0.05, 0.1) is 0 Å². The highest BCUT2D eigenvalue weighted by Gasteiger charge is 2.28. The van der Waals surface area contributed by atoms with Crippen LogP contribution in [-0.2, 0) is 0 Å². The lowest BCUT2D eigenvalue weighted by molar-refractivity contribution is 0.0865. The summed E-state index contributed by atoms with van der Waals surface area (Å²) in [6, 6.07) is 8.65. The average molecular weight is 296 g/mol. The molecule has 1 aliphatic rings. The van der Waals surface area contributed by atoms with Gasteiger partial charge in [-0.05, 0) is 30.7 Å². The Bertz CT molecular complexity index is 399. The molecule has 3 nitrogen and oxygen atoms in total. The van der Waals surface area contributed by atoms with E-state index in [-0.39, 0.29) is 6.04 Å². The van der Waals surface area contributed by atoms with Crippen molar-refractivity contribution in [1.82, 2.24) is 9.80 Å². The summed E-state index contributed by atoms with van der Waals surface area (Å²) >= 11 is 6.00. The Morgan fingerprint density at radius 1 is 1.10 bits per heavy atom. The average Bonchev–Trinajstić information content (AvgIpc) is 2.50. The monoisotopic (exact) mass is 295 g/mol. The van der Waals surface area contributed by atoms with E-state index in [0.29, 0.717) is 6.04 Å². The molecule has 1 aromatic rings. The number of benzene rings is 1. The largest absolute Gasteiger partial charge is 0.326 e. The zero-order chi connectivity index (χ0) is 14.5. The van der Waals surface area contributed by atoms with Gasteiger partial charge in [0.25, 0.3) is 0 Å². The minimum absolute atomic E-state index is 0.171. The van der Waals surface area contributed by atoms with Crippen LogP contribution in [0.4, 0.5) is 0 Å². The second-order valence-electron chi connectivity index (χ2n) is 5.54. The number of piperazine rings is 1. The van der Waals surface area contributed by atoms with E-state index >= 15 is 0 Å². The van der Waals surface area contributed by atoms with Gasteiger partial charge in [0.2, 0.25) is 0 Å². The third kappa shape index (κ3) is 3.73. The Labute approximate surface area is 127 Å². The topological polar surface area (TPSA) is 32.5 Å². The Morgan fingerprint density at radius 3 is 2.20 bits per heavy atom. The van der Waals surface area contributed by atoms with Crippen molar-refractivity contribution in [3.05, 3.63) is 34.9 Å². The Morgan fingerprint density at radius 2 is 1.70 bits per heavy atom. The lowest BCUT2D eigenvalue weighted by atomic mass is 9.95. The van der Waals surface area contributed by atoms with Gasteiger partial charge in [-0.15, -0.1) is 0 Å². The maximum absolute atomic E-state index is 6.40. The lowest BCUT2D eigenvalue weighted by Gasteiger charge is -2.41. The normalized spacial score (nSPS) is 20.8. The number of halogens is 1. The molecule has 0 aliphatic carbocycles. The Hall–Kier alpha value is -0.610. The molecule has 2 atom stereocenters. The highest BCUT2D eigenvalue weighted by atomic mass is 35.5. The molecule has 1 aliphatic heterocycles. The fourth-order valence-corrected chi connectivity index (χ4v) is 3.10. The summed E-state index contributed by atoms with van der Waals surface area (Å²) in [5.74, 6) is 0. The summed E-state index contributed by atoms with van der Waals surface area (Å²) in [5, 5.41) is 0.786. The van der Waals surface area contributed by atoms with Crippen molar-refractivity contribution in [3.63, 3.8) is 0 Å². The van der Waals surface area contributed by atoms with E-state index < -0.39 is 0 Å². The van der Waals surface area contributed by atoms with E-state index in [4.69, 9.17) is 17.3 Å². The van der Waals surface area contributed by atoms with Crippen LogP contribution in [0.1, 0.15) is 31.9 Å². The molecule has 20 heavy (non-hydrogen) atoms. The van der Waals surface area contributed by atoms with Crippen LogP contribution >= 0.6 is 11.6 Å².